The summed E-state index contributed by atoms with van der Waals surface area (Å²) in [5.74, 6) is 0.921. The SMILES string of the molecule is CCC1COC2(CC(C)(C)CCC2C(C)C)O1. The predicted octanol–water partition coefficient (Wildman–Crippen LogP) is 3.99. The molecule has 1 heterocycles. The molecule has 0 radical (unpaired) electrons. The fraction of sp³-hybridized carbons (Fsp3) is 1.00. The summed E-state index contributed by atoms with van der Waals surface area (Å²) in [6.07, 6.45) is 4.96. The van der Waals surface area contributed by atoms with Gasteiger partial charge in [-0.25, -0.2) is 0 Å². The third-order valence-corrected chi connectivity index (χ3v) is 4.56. The van der Waals surface area contributed by atoms with Gasteiger partial charge < -0.3 is 9.47 Å². The Hall–Kier alpha value is -0.0800. The van der Waals surface area contributed by atoms with Crippen LogP contribution in [0.25, 0.3) is 0 Å². The lowest BCUT2D eigenvalue weighted by atomic mass is 9.66. The molecule has 2 heteroatoms. The Morgan fingerprint density at radius 2 is 2.00 bits per heavy atom. The van der Waals surface area contributed by atoms with Crippen LogP contribution in [0.15, 0.2) is 0 Å². The summed E-state index contributed by atoms with van der Waals surface area (Å²) in [5.41, 5.74) is 0.355. The number of hydrogen-bond acceptors (Lipinski definition) is 2. The number of ether oxygens (including phenoxy) is 2. The maximum Gasteiger partial charge on any atom is 0.172 e. The first kappa shape index (κ1) is 13.4. The highest BCUT2D eigenvalue weighted by molar-refractivity contribution is 4.96. The summed E-state index contributed by atoms with van der Waals surface area (Å²) in [5, 5.41) is 0. The quantitative estimate of drug-likeness (QED) is 0.726. The van der Waals surface area contributed by atoms with Crippen molar-refractivity contribution in [3.63, 3.8) is 0 Å². The fourth-order valence-electron chi connectivity index (χ4n) is 3.57. The Morgan fingerprint density at radius 3 is 2.53 bits per heavy atom. The lowest BCUT2D eigenvalue weighted by Crippen LogP contribution is -2.49. The number of rotatable bonds is 2. The van der Waals surface area contributed by atoms with Crippen molar-refractivity contribution in [1.82, 2.24) is 0 Å². The molecule has 100 valence electrons. The normalized spacial score (nSPS) is 41.3. The smallest absolute Gasteiger partial charge is 0.172 e. The molecule has 1 aliphatic heterocycles. The molecule has 0 bridgehead atoms. The highest BCUT2D eigenvalue weighted by Crippen LogP contribution is 2.51. The van der Waals surface area contributed by atoms with E-state index in [9.17, 15) is 0 Å². The van der Waals surface area contributed by atoms with Gasteiger partial charge in [0.25, 0.3) is 0 Å². The minimum Gasteiger partial charge on any atom is -0.347 e. The van der Waals surface area contributed by atoms with Gasteiger partial charge in [0.2, 0.25) is 0 Å². The largest absolute Gasteiger partial charge is 0.347 e. The predicted molar refractivity (Wildman–Crippen MR) is 69.8 cm³/mol. The second-order valence-corrected chi connectivity index (χ2v) is 7.00. The Bertz CT molecular complexity index is 272. The molecule has 0 N–H and O–H groups in total. The molecule has 2 nitrogen and oxygen atoms in total. The van der Waals surface area contributed by atoms with Gasteiger partial charge in [0.05, 0.1) is 12.7 Å². The van der Waals surface area contributed by atoms with Gasteiger partial charge in [-0.15, -0.1) is 0 Å². The minimum absolute atomic E-state index is 0.281. The summed E-state index contributed by atoms with van der Waals surface area (Å²) in [4.78, 5) is 0. The van der Waals surface area contributed by atoms with Crippen molar-refractivity contribution in [3.05, 3.63) is 0 Å². The van der Waals surface area contributed by atoms with Crippen molar-refractivity contribution in [2.75, 3.05) is 6.61 Å². The second-order valence-electron chi connectivity index (χ2n) is 7.00. The maximum atomic E-state index is 6.33. The van der Waals surface area contributed by atoms with Crippen LogP contribution in [0, 0.1) is 17.3 Å². The van der Waals surface area contributed by atoms with Crippen LogP contribution in [0.4, 0.5) is 0 Å². The van der Waals surface area contributed by atoms with E-state index in [1.807, 2.05) is 0 Å². The van der Waals surface area contributed by atoms with Crippen molar-refractivity contribution >= 4 is 0 Å². The molecule has 1 aliphatic carbocycles. The zero-order chi connectivity index (χ0) is 12.7. The Morgan fingerprint density at radius 1 is 1.29 bits per heavy atom. The van der Waals surface area contributed by atoms with Crippen LogP contribution in [0.5, 0.6) is 0 Å². The fourth-order valence-corrected chi connectivity index (χ4v) is 3.57. The van der Waals surface area contributed by atoms with Crippen molar-refractivity contribution in [2.24, 2.45) is 17.3 Å². The van der Waals surface area contributed by atoms with Crippen LogP contribution in [0.2, 0.25) is 0 Å². The molecule has 1 saturated heterocycles. The van der Waals surface area contributed by atoms with E-state index in [0.717, 1.165) is 19.4 Å². The average Bonchev–Trinajstić information content (AvgIpc) is 2.59. The van der Waals surface area contributed by atoms with Crippen molar-refractivity contribution in [2.45, 2.75) is 72.2 Å². The van der Waals surface area contributed by atoms with Gasteiger partial charge in [-0.05, 0) is 30.6 Å². The van der Waals surface area contributed by atoms with E-state index in [2.05, 4.69) is 34.6 Å². The lowest BCUT2D eigenvalue weighted by molar-refractivity contribution is -0.249. The second kappa shape index (κ2) is 4.55. The highest BCUT2D eigenvalue weighted by atomic mass is 16.7. The van der Waals surface area contributed by atoms with Crippen LogP contribution in [0.1, 0.15) is 60.3 Å². The standard InChI is InChI=1S/C15H28O2/c1-6-12-9-16-15(17-12)10-14(4,5)8-7-13(15)11(2)3/h11-13H,6-10H2,1-5H3. The Balaban J connectivity index is 2.19. The zero-order valence-corrected chi connectivity index (χ0v) is 12.1. The zero-order valence-electron chi connectivity index (χ0n) is 12.1. The van der Waals surface area contributed by atoms with E-state index in [4.69, 9.17) is 9.47 Å². The van der Waals surface area contributed by atoms with Gasteiger partial charge in [0.1, 0.15) is 0 Å². The third-order valence-electron chi connectivity index (χ3n) is 4.56. The van der Waals surface area contributed by atoms with E-state index in [1.54, 1.807) is 0 Å². The van der Waals surface area contributed by atoms with Crippen LogP contribution in [0.3, 0.4) is 0 Å². The molecule has 0 aromatic heterocycles. The first-order chi connectivity index (χ1) is 7.88. The molecule has 3 atom stereocenters. The minimum atomic E-state index is -0.281. The van der Waals surface area contributed by atoms with Gasteiger partial charge >= 0.3 is 0 Å². The molecule has 2 aliphatic rings. The summed E-state index contributed by atoms with van der Waals surface area (Å²) in [6.45, 7) is 12.3. The molecule has 2 fully saturated rings. The van der Waals surface area contributed by atoms with Crippen LogP contribution < -0.4 is 0 Å². The summed E-state index contributed by atoms with van der Waals surface area (Å²) < 4.78 is 12.5. The van der Waals surface area contributed by atoms with E-state index < -0.39 is 0 Å². The Kier molecular flexibility index (Phi) is 3.57. The van der Waals surface area contributed by atoms with Crippen LogP contribution >= 0.6 is 0 Å². The summed E-state index contributed by atoms with van der Waals surface area (Å²) in [7, 11) is 0. The topological polar surface area (TPSA) is 18.5 Å². The molecule has 2 rings (SSSR count). The molecule has 3 unspecified atom stereocenters. The average molecular weight is 240 g/mol. The lowest BCUT2D eigenvalue weighted by Gasteiger charge is -2.48. The molecule has 0 amide bonds. The van der Waals surface area contributed by atoms with Crippen molar-refractivity contribution < 1.29 is 9.47 Å². The molecular weight excluding hydrogens is 212 g/mol. The molecular formula is C15H28O2. The summed E-state index contributed by atoms with van der Waals surface area (Å²) in [6, 6.07) is 0. The molecule has 1 saturated carbocycles. The highest BCUT2D eigenvalue weighted by Gasteiger charge is 2.53. The van der Waals surface area contributed by atoms with Gasteiger partial charge in [-0.3, -0.25) is 0 Å². The first-order valence-corrected chi connectivity index (χ1v) is 7.20. The molecule has 0 aromatic rings. The van der Waals surface area contributed by atoms with Gasteiger partial charge in [-0.2, -0.15) is 0 Å². The van der Waals surface area contributed by atoms with E-state index in [0.29, 0.717) is 23.4 Å². The van der Waals surface area contributed by atoms with Gasteiger partial charge in [0.15, 0.2) is 5.79 Å². The molecule has 1 spiro atoms. The summed E-state index contributed by atoms with van der Waals surface area (Å²) >= 11 is 0. The van der Waals surface area contributed by atoms with Crippen molar-refractivity contribution in [3.8, 4) is 0 Å². The number of hydrogen-bond donors (Lipinski definition) is 0. The van der Waals surface area contributed by atoms with E-state index >= 15 is 0 Å². The monoisotopic (exact) mass is 240 g/mol. The van der Waals surface area contributed by atoms with Gasteiger partial charge in [-0.1, -0.05) is 34.6 Å². The molecule has 17 heavy (non-hydrogen) atoms. The Labute approximate surface area is 106 Å². The van der Waals surface area contributed by atoms with E-state index in [-0.39, 0.29) is 5.79 Å². The van der Waals surface area contributed by atoms with Crippen molar-refractivity contribution in [1.29, 1.82) is 0 Å². The van der Waals surface area contributed by atoms with Crippen LogP contribution in [-0.2, 0) is 9.47 Å². The maximum absolute atomic E-state index is 6.33. The van der Waals surface area contributed by atoms with Crippen LogP contribution in [-0.4, -0.2) is 18.5 Å². The van der Waals surface area contributed by atoms with E-state index in [1.165, 1.54) is 12.8 Å². The molecule has 0 aromatic carbocycles. The first-order valence-electron chi connectivity index (χ1n) is 7.20. The van der Waals surface area contributed by atoms with Gasteiger partial charge in [0, 0.05) is 12.3 Å². The third kappa shape index (κ3) is 2.53.